The molecule has 1 aromatic carbocycles. The maximum atomic E-state index is 13.6. The fraction of sp³-hybridized carbons (Fsp3) is 0.625. The summed E-state index contributed by atoms with van der Waals surface area (Å²) in [5.41, 5.74) is 2.17. The number of nitrogens with one attached hydrogen (secondary N) is 1. The Labute approximate surface area is 111 Å². The van der Waals surface area contributed by atoms with Crippen LogP contribution in [0.3, 0.4) is 0 Å². The molecule has 0 aliphatic heterocycles. The van der Waals surface area contributed by atoms with Gasteiger partial charge >= 0.3 is 0 Å². The van der Waals surface area contributed by atoms with E-state index in [0.717, 1.165) is 30.5 Å². The molecule has 0 aliphatic rings. The van der Waals surface area contributed by atoms with Crippen LogP contribution in [0, 0.1) is 18.2 Å². The minimum absolute atomic E-state index is 0.120. The molecule has 102 valence electrons. The maximum absolute atomic E-state index is 13.6. The lowest BCUT2D eigenvalue weighted by Gasteiger charge is -2.35. The molecule has 1 nitrogen and oxygen atoms in total. The lowest BCUT2D eigenvalue weighted by atomic mass is 9.78. The SMILES string of the molecule is CCCNC(c1cc(C)cc(F)c1)C(C)(C)CC. The van der Waals surface area contributed by atoms with Crippen molar-refractivity contribution in [1.82, 2.24) is 5.32 Å². The summed E-state index contributed by atoms with van der Waals surface area (Å²) in [5.74, 6) is -0.139. The van der Waals surface area contributed by atoms with Crippen molar-refractivity contribution in [2.75, 3.05) is 6.54 Å². The highest BCUT2D eigenvalue weighted by atomic mass is 19.1. The Hall–Kier alpha value is -0.890. The van der Waals surface area contributed by atoms with E-state index in [4.69, 9.17) is 0 Å². The van der Waals surface area contributed by atoms with Gasteiger partial charge in [-0.05, 0) is 55.0 Å². The largest absolute Gasteiger partial charge is 0.309 e. The van der Waals surface area contributed by atoms with Crippen molar-refractivity contribution < 1.29 is 4.39 Å². The summed E-state index contributed by atoms with van der Waals surface area (Å²) in [6.45, 7) is 11.7. The molecule has 1 aromatic rings. The molecule has 0 amide bonds. The summed E-state index contributed by atoms with van der Waals surface area (Å²) in [6, 6.07) is 5.54. The van der Waals surface area contributed by atoms with Crippen molar-refractivity contribution in [3.8, 4) is 0 Å². The van der Waals surface area contributed by atoms with Crippen molar-refractivity contribution in [2.24, 2.45) is 5.41 Å². The first-order chi connectivity index (χ1) is 8.40. The van der Waals surface area contributed by atoms with Gasteiger partial charge in [-0.15, -0.1) is 0 Å². The van der Waals surface area contributed by atoms with Crippen LogP contribution >= 0.6 is 0 Å². The zero-order valence-electron chi connectivity index (χ0n) is 12.3. The summed E-state index contributed by atoms with van der Waals surface area (Å²) >= 11 is 0. The van der Waals surface area contributed by atoms with E-state index in [-0.39, 0.29) is 17.3 Å². The molecular weight excluding hydrogens is 225 g/mol. The summed E-state index contributed by atoms with van der Waals surface area (Å²) in [5, 5.41) is 3.56. The highest BCUT2D eigenvalue weighted by Crippen LogP contribution is 2.36. The van der Waals surface area contributed by atoms with Gasteiger partial charge in [0.05, 0.1) is 0 Å². The van der Waals surface area contributed by atoms with Crippen molar-refractivity contribution in [3.05, 3.63) is 35.1 Å². The monoisotopic (exact) mass is 251 g/mol. The Morgan fingerprint density at radius 3 is 2.39 bits per heavy atom. The molecule has 0 spiro atoms. The van der Waals surface area contributed by atoms with E-state index in [0.29, 0.717) is 0 Å². The minimum atomic E-state index is -0.139. The summed E-state index contributed by atoms with van der Waals surface area (Å²) in [4.78, 5) is 0. The van der Waals surface area contributed by atoms with Gasteiger partial charge in [0.1, 0.15) is 5.82 Å². The molecular formula is C16H26FN. The Balaban J connectivity index is 3.08. The molecule has 0 saturated heterocycles. The molecule has 0 bridgehead atoms. The van der Waals surface area contributed by atoms with Crippen LogP contribution in [0.2, 0.25) is 0 Å². The van der Waals surface area contributed by atoms with E-state index in [1.54, 1.807) is 12.1 Å². The zero-order valence-corrected chi connectivity index (χ0v) is 12.3. The van der Waals surface area contributed by atoms with Gasteiger partial charge in [-0.2, -0.15) is 0 Å². The van der Waals surface area contributed by atoms with Crippen LogP contribution in [0.25, 0.3) is 0 Å². The summed E-state index contributed by atoms with van der Waals surface area (Å²) in [7, 11) is 0. The second kappa shape index (κ2) is 6.33. The normalized spacial score (nSPS) is 13.7. The van der Waals surface area contributed by atoms with Crippen LogP contribution in [0.5, 0.6) is 0 Å². The molecule has 1 atom stereocenters. The van der Waals surface area contributed by atoms with Gasteiger partial charge in [-0.25, -0.2) is 4.39 Å². The molecule has 1 unspecified atom stereocenters. The minimum Gasteiger partial charge on any atom is -0.309 e. The second-order valence-corrected chi connectivity index (χ2v) is 5.79. The average Bonchev–Trinajstić information content (AvgIpc) is 2.28. The predicted octanol–water partition coefficient (Wildman–Crippen LogP) is 4.61. The number of benzene rings is 1. The molecule has 1 rings (SSSR count). The van der Waals surface area contributed by atoms with Crippen molar-refractivity contribution in [3.63, 3.8) is 0 Å². The number of halogens is 1. The lowest BCUT2D eigenvalue weighted by molar-refractivity contribution is 0.234. The van der Waals surface area contributed by atoms with Crippen LogP contribution < -0.4 is 5.32 Å². The van der Waals surface area contributed by atoms with Crippen molar-refractivity contribution in [1.29, 1.82) is 0 Å². The summed E-state index contributed by atoms with van der Waals surface area (Å²) in [6.07, 6.45) is 2.15. The standard InChI is InChI=1S/C16H26FN/c1-6-8-18-15(16(4,5)7-2)13-9-12(3)10-14(17)11-13/h9-11,15,18H,6-8H2,1-5H3. The first kappa shape index (κ1) is 15.2. The highest BCUT2D eigenvalue weighted by Gasteiger charge is 2.28. The Bertz CT molecular complexity index is 364. The molecule has 1 N–H and O–H groups in total. The first-order valence-corrected chi connectivity index (χ1v) is 6.91. The third-order valence-electron chi connectivity index (χ3n) is 3.69. The Kier molecular flexibility index (Phi) is 5.33. The number of hydrogen-bond acceptors (Lipinski definition) is 1. The maximum Gasteiger partial charge on any atom is 0.123 e. The number of aryl methyl sites for hydroxylation is 1. The Morgan fingerprint density at radius 2 is 1.89 bits per heavy atom. The van der Waals surface area contributed by atoms with E-state index in [2.05, 4.69) is 39.1 Å². The van der Waals surface area contributed by atoms with Gasteiger partial charge in [0, 0.05) is 6.04 Å². The van der Waals surface area contributed by atoms with E-state index in [1.165, 1.54) is 0 Å². The molecule has 0 aliphatic carbocycles. The van der Waals surface area contributed by atoms with Gasteiger partial charge in [0.15, 0.2) is 0 Å². The van der Waals surface area contributed by atoms with Crippen LogP contribution in [-0.4, -0.2) is 6.54 Å². The smallest absolute Gasteiger partial charge is 0.123 e. The molecule has 18 heavy (non-hydrogen) atoms. The van der Waals surface area contributed by atoms with E-state index >= 15 is 0 Å². The average molecular weight is 251 g/mol. The van der Waals surface area contributed by atoms with Gasteiger partial charge < -0.3 is 5.32 Å². The fourth-order valence-electron chi connectivity index (χ4n) is 2.27. The molecule has 2 heteroatoms. The molecule has 0 radical (unpaired) electrons. The highest BCUT2D eigenvalue weighted by molar-refractivity contribution is 5.27. The van der Waals surface area contributed by atoms with Crippen LogP contribution in [0.1, 0.15) is 57.7 Å². The molecule has 0 fully saturated rings. The zero-order chi connectivity index (χ0) is 13.8. The fourth-order valence-corrected chi connectivity index (χ4v) is 2.27. The summed E-state index contributed by atoms with van der Waals surface area (Å²) < 4.78 is 13.6. The van der Waals surface area contributed by atoms with Crippen LogP contribution in [0.15, 0.2) is 18.2 Å². The third-order valence-corrected chi connectivity index (χ3v) is 3.69. The molecule has 0 aromatic heterocycles. The van der Waals surface area contributed by atoms with Crippen LogP contribution in [0.4, 0.5) is 4.39 Å². The van der Waals surface area contributed by atoms with Crippen LogP contribution in [-0.2, 0) is 0 Å². The second-order valence-electron chi connectivity index (χ2n) is 5.79. The van der Waals surface area contributed by atoms with Gasteiger partial charge in [-0.3, -0.25) is 0 Å². The van der Waals surface area contributed by atoms with E-state index in [9.17, 15) is 4.39 Å². The first-order valence-electron chi connectivity index (χ1n) is 6.91. The van der Waals surface area contributed by atoms with Crippen molar-refractivity contribution in [2.45, 2.75) is 53.5 Å². The van der Waals surface area contributed by atoms with Gasteiger partial charge in [-0.1, -0.05) is 33.8 Å². The van der Waals surface area contributed by atoms with Crippen molar-refractivity contribution >= 4 is 0 Å². The lowest BCUT2D eigenvalue weighted by Crippen LogP contribution is -2.34. The van der Waals surface area contributed by atoms with E-state index in [1.807, 2.05) is 6.92 Å². The van der Waals surface area contributed by atoms with Gasteiger partial charge in [0.2, 0.25) is 0 Å². The predicted molar refractivity (Wildman–Crippen MR) is 76.2 cm³/mol. The Morgan fingerprint density at radius 1 is 1.22 bits per heavy atom. The van der Waals surface area contributed by atoms with E-state index < -0.39 is 0 Å². The number of hydrogen-bond donors (Lipinski definition) is 1. The third kappa shape index (κ3) is 3.81. The molecule has 0 heterocycles. The number of rotatable bonds is 6. The quantitative estimate of drug-likeness (QED) is 0.778. The van der Waals surface area contributed by atoms with Gasteiger partial charge in [0.25, 0.3) is 0 Å². The topological polar surface area (TPSA) is 12.0 Å². The molecule has 0 saturated carbocycles.